The Bertz CT molecular complexity index is 1600. The van der Waals surface area contributed by atoms with Crippen LogP contribution in [0.4, 0.5) is 4.39 Å². The van der Waals surface area contributed by atoms with Crippen molar-refractivity contribution in [3.8, 4) is 5.75 Å². The lowest BCUT2D eigenvalue weighted by molar-refractivity contribution is -0.145. The van der Waals surface area contributed by atoms with Gasteiger partial charge in [-0.1, -0.05) is 31.2 Å². The highest BCUT2D eigenvalue weighted by atomic mass is 19.1. The molecule has 2 aromatic carbocycles. The van der Waals surface area contributed by atoms with Crippen molar-refractivity contribution in [3.05, 3.63) is 98.1 Å². The number of aromatic amines is 1. The second-order valence-corrected chi connectivity index (χ2v) is 11.7. The molecule has 2 saturated carbocycles. The normalized spacial score (nSPS) is 27.6. The van der Waals surface area contributed by atoms with Gasteiger partial charge < -0.3 is 9.84 Å². The molecule has 1 heterocycles. The molecule has 3 aliphatic carbocycles. The van der Waals surface area contributed by atoms with Crippen LogP contribution in [0, 0.1) is 29.0 Å². The number of H-pyrrole nitrogens is 1. The number of carbonyl (C=O) groups excluding carboxylic acids is 1. The van der Waals surface area contributed by atoms with Crippen molar-refractivity contribution in [2.75, 3.05) is 0 Å². The zero-order chi connectivity index (χ0) is 28.2. The van der Waals surface area contributed by atoms with E-state index >= 15 is 0 Å². The molecule has 0 aliphatic heterocycles. The molecule has 0 spiro atoms. The molecule has 2 fully saturated rings. The standard InChI is InChI=1S/C31H31FN2O6/c1-31-14-13-21-20-10-8-19(40-29(38)17-5-3-2-4-6-17)15-18(20)7-9-22(21)23(31)11-12-24(31)26(28(36)37)34-16-25(32)27(35)33-30(34)39/h2-6,8,10,15-16,21-24,26H,7,9,11-14H2,1H3,(H,36,37)(H,33,35,39)/t21-,22-,23+,24-,26?,31+/m1/s1. The monoisotopic (exact) mass is 546 g/mol. The molecule has 208 valence electrons. The van der Waals surface area contributed by atoms with E-state index in [0.717, 1.165) is 42.9 Å². The van der Waals surface area contributed by atoms with Crippen molar-refractivity contribution in [1.29, 1.82) is 0 Å². The van der Waals surface area contributed by atoms with Crippen LogP contribution in [-0.4, -0.2) is 26.6 Å². The molecule has 6 atom stereocenters. The molecule has 0 saturated heterocycles. The fourth-order valence-corrected chi connectivity index (χ4v) is 8.07. The molecule has 2 N–H and O–H groups in total. The Balaban J connectivity index is 1.25. The van der Waals surface area contributed by atoms with Gasteiger partial charge in [0.15, 0.2) is 0 Å². The minimum absolute atomic E-state index is 0.255. The lowest BCUT2D eigenvalue weighted by Crippen LogP contribution is -2.47. The molecule has 3 aliphatic rings. The van der Waals surface area contributed by atoms with Gasteiger partial charge in [0.1, 0.15) is 11.8 Å². The third kappa shape index (κ3) is 4.28. The lowest BCUT2D eigenvalue weighted by atomic mass is 9.53. The number of carboxylic acid groups (broad SMARTS) is 1. The number of aromatic nitrogens is 2. The summed E-state index contributed by atoms with van der Waals surface area (Å²) in [5.41, 5.74) is 0.523. The number of benzene rings is 2. The number of halogens is 1. The number of hydrogen-bond donors (Lipinski definition) is 2. The predicted octanol–water partition coefficient (Wildman–Crippen LogP) is 4.69. The Morgan fingerprint density at radius 2 is 1.88 bits per heavy atom. The van der Waals surface area contributed by atoms with Gasteiger partial charge >= 0.3 is 17.6 Å². The average molecular weight is 547 g/mol. The van der Waals surface area contributed by atoms with E-state index in [9.17, 15) is 28.7 Å². The van der Waals surface area contributed by atoms with E-state index < -0.39 is 35.0 Å². The largest absolute Gasteiger partial charge is 0.480 e. The van der Waals surface area contributed by atoms with Crippen LogP contribution in [0.5, 0.6) is 5.75 Å². The minimum atomic E-state index is -1.26. The summed E-state index contributed by atoms with van der Waals surface area (Å²) in [5, 5.41) is 10.2. The Hall–Kier alpha value is -4.01. The van der Waals surface area contributed by atoms with Gasteiger partial charge in [0.2, 0.25) is 5.82 Å². The van der Waals surface area contributed by atoms with Crippen LogP contribution in [0.15, 0.2) is 64.3 Å². The Morgan fingerprint density at radius 3 is 2.62 bits per heavy atom. The van der Waals surface area contributed by atoms with Gasteiger partial charge in [-0.15, -0.1) is 0 Å². The van der Waals surface area contributed by atoms with E-state index in [4.69, 9.17) is 4.74 Å². The molecule has 1 aromatic heterocycles. The summed E-state index contributed by atoms with van der Waals surface area (Å²) < 4.78 is 20.6. The first-order chi connectivity index (χ1) is 19.2. The van der Waals surface area contributed by atoms with Crippen molar-refractivity contribution in [3.63, 3.8) is 0 Å². The SMILES string of the molecule is C[C@]12CC[C@@H]3c4ccc(OC(=O)c5ccccc5)cc4CC[C@H]3[C@@H]1CC[C@@H]2C(C(=O)O)n1cc(F)c(=O)[nH]c1=O. The number of aryl methyl sites for hydroxylation is 1. The van der Waals surface area contributed by atoms with E-state index in [-0.39, 0.29) is 17.3 Å². The number of carbonyl (C=O) groups is 2. The molecule has 3 aromatic rings. The molecule has 0 radical (unpaired) electrons. The molecule has 9 heteroatoms. The van der Waals surface area contributed by atoms with Crippen LogP contribution in [0.3, 0.4) is 0 Å². The van der Waals surface area contributed by atoms with Crippen LogP contribution in [0.1, 0.15) is 72.5 Å². The molecule has 40 heavy (non-hydrogen) atoms. The molecule has 0 bridgehead atoms. The minimum Gasteiger partial charge on any atom is -0.480 e. The highest BCUT2D eigenvalue weighted by Crippen LogP contribution is 2.64. The maximum Gasteiger partial charge on any atom is 0.343 e. The number of ether oxygens (including phenoxy) is 1. The third-order valence-electron chi connectivity index (χ3n) is 9.85. The number of nitrogens with zero attached hydrogens (tertiary/aromatic N) is 1. The van der Waals surface area contributed by atoms with Gasteiger partial charge in [0.05, 0.1) is 11.8 Å². The van der Waals surface area contributed by atoms with Crippen LogP contribution < -0.4 is 16.0 Å². The maximum atomic E-state index is 14.1. The number of fused-ring (bicyclic) bond motifs is 5. The number of esters is 1. The highest BCUT2D eigenvalue weighted by Gasteiger charge is 2.58. The lowest BCUT2D eigenvalue weighted by Gasteiger charge is -2.51. The number of nitrogens with one attached hydrogen (secondary N) is 1. The first-order valence-electron chi connectivity index (χ1n) is 13.8. The zero-order valence-electron chi connectivity index (χ0n) is 22.1. The highest BCUT2D eigenvalue weighted by molar-refractivity contribution is 5.91. The van der Waals surface area contributed by atoms with Crippen molar-refractivity contribution < 1.29 is 23.8 Å². The molecule has 8 nitrogen and oxygen atoms in total. The number of rotatable bonds is 5. The van der Waals surface area contributed by atoms with Crippen LogP contribution >= 0.6 is 0 Å². The summed E-state index contributed by atoms with van der Waals surface area (Å²) >= 11 is 0. The molecule has 6 rings (SSSR count). The fourth-order valence-electron chi connectivity index (χ4n) is 8.07. The van der Waals surface area contributed by atoms with Gasteiger partial charge in [-0.2, -0.15) is 4.39 Å². The third-order valence-corrected chi connectivity index (χ3v) is 9.85. The van der Waals surface area contributed by atoms with Crippen molar-refractivity contribution in [2.45, 2.75) is 57.4 Å². The van der Waals surface area contributed by atoms with E-state index in [1.54, 1.807) is 24.3 Å². The van der Waals surface area contributed by atoms with E-state index in [2.05, 4.69) is 13.0 Å². The van der Waals surface area contributed by atoms with Crippen molar-refractivity contribution in [1.82, 2.24) is 9.55 Å². The van der Waals surface area contributed by atoms with Crippen LogP contribution in [0.25, 0.3) is 0 Å². The maximum absolute atomic E-state index is 14.1. The molecule has 0 amide bonds. The summed E-state index contributed by atoms with van der Waals surface area (Å²) in [5.74, 6) is -1.69. The Kier molecular flexibility index (Phi) is 6.47. The van der Waals surface area contributed by atoms with E-state index in [1.165, 1.54) is 11.1 Å². The second-order valence-electron chi connectivity index (χ2n) is 11.7. The topological polar surface area (TPSA) is 118 Å². The summed E-state index contributed by atoms with van der Waals surface area (Å²) in [6.07, 6.45) is 5.58. The van der Waals surface area contributed by atoms with Gasteiger partial charge in [-0.05, 0) is 103 Å². The smallest absolute Gasteiger partial charge is 0.343 e. The van der Waals surface area contributed by atoms with Crippen LogP contribution in [-0.2, 0) is 11.2 Å². The average Bonchev–Trinajstić information content (AvgIpc) is 3.28. The fraction of sp³-hybridized carbons (Fsp3) is 0.419. The van der Waals surface area contributed by atoms with Gasteiger partial charge in [0, 0.05) is 0 Å². The van der Waals surface area contributed by atoms with Crippen LogP contribution in [0.2, 0.25) is 0 Å². The Labute approximate surface area is 229 Å². The first-order valence-corrected chi connectivity index (χ1v) is 13.8. The van der Waals surface area contributed by atoms with E-state index in [1.807, 2.05) is 23.2 Å². The van der Waals surface area contributed by atoms with Crippen molar-refractivity contribution >= 4 is 11.9 Å². The summed E-state index contributed by atoms with van der Waals surface area (Å²) in [6.45, 7) is 2.12. The molecule has 1 unspecified atom stereocenters. The van der Waals surface area contributed by atoms with Gasteiger partial charge in [0.25, 0.3) is 5.56 Å². The number of carboxylic acids is 1. The molecular weight excluding hydrogens is 515 g/mol. The summed E-state index contributed by atoms with van der Waals surface area (Å²) in [6, 6.07) is 13.5. The zero-order valence-corrected chi connectivity index (χ0v) is 22.1. The Morgan fingerprint density at radius 1 is 1.10 bits per heavy atom. The van der Waals surface area contributed by atoms with Gasteiger partial charge in [-0.3, -0.25) is 14.3 Å². The molecular formula is C31H31FN2O6. The predicted molar refractivity (Wildman–Crippen MR) is 144 cm³/mol. The number of hydrogen-bond acceptors (Lipinski definition) is 5. The first kappa shape index (κ1) is 26.2. The van der Waals surface area contributed by atoms with E-state index in [0.29, 0.717) is 29.6 Å². The van der Waals surface area contributed by atoms with Crippen molar-refractivity contribution in [2.24, 2.45) is 23.2 Å². The summed E-state index contributed by atoms with van der Waals surface area (Å²) in [4.78, 5) is 51.1. The summed E-state index contributed by atoms with van der Waals surface area (Å²) in [7, 11) is 0. The second kappa shape index (κ2) is 9.87. The van der Waals surface area contributed by atoms with Gasteiger partial charge in [-0.25, -0.2) is 14.4 Å². The quantitative estimate of drug-likeness (QED) is 0.354. The number of aliphatic carboxylic acids is 1.